The average Bonchev–Trinajstić information content (AvgIpc) is 2.92. The molecule has 206 valence electrons. The fourth-order valence-corrected chi connectivity index (χ4v) is 4.35. The Bertz CT molecular complexity index is 1560. The van der Waals surface area contributed by atoms with Crippen molar-refractivity contribution in [2.24, 2.45) is 0 Å². The van der Waals surface area contributed by atoms with E-state index in [9.17, 15) is 14.4 Å². The second kappa shape index (κ2) is 12.8. The van der Waals surface area contributed by atoms with Crippen LogP contribution in [0, 0.1) is 6.92 Å². The van der Waals surface area contributed by atoms with Crippen LogP contribution in [0.3, 0.4) is 0 Å². The number of hydrogen-bond acceptors (Lipinski definition) is 5. The van der Waals surface area contributed by atoms with Crippen LogP contribution in [-0.4, -0.2) is 33.3 Å². The van der Waals surface area contributed by atoms with Gasteiger partial charge < -0.3 is 20.5 Å². The van der Waals surface area contributed by atoms with Gasteiger partial charge in [0.25, 0.3) is 5.56 Å². The van der Waals surface area contributed by atoms with E-state index >= 15 is 0 Å². The maximum atomic E-state index is 13.4. The van der Waals surface area contributed by atoms with Gasteiger partial charge in [0.1, 0.15) is 5.75 Å². The van der Waals surface area contributed by atoms with Crippen LogP contribution in [0.5, 0.6) is 5.75 Å². The molecule has 4 rings (SSSR count). The highest BCUT2D eigenvalue weighted by atomic mass is 16.5. The largest absolute Gasteiger partial charge is 0.492 e. The number of carbonyl (C=O) groups excluding carboxylic acids is 1. The Hall–Kier alpha value is -4.92. The molecule has 0 aliphatic heterocycles. The molecule has 0 spiro atoms. The summed E-state index contributed by atoms with van der Waals surface area (Å²) in [6.45, 7) is 6.30. The van der Waals surface area contributed by atoms with Crippen LogP contribution in [0.15, 0.2) is 84.0 Å². The molecule has 1 heterocycles. The van der Waals surface area contributed by atoms with Crippen molar-refractivity contribution in [3.8, 4) is 16.9 Å². The third kappa shape index (κ3) is 6.93. The maximum absolute atomic E-state index is 13.4. The number of aromatic nitrogens is 2. The highest BCUT2D eigenvalue weighted by molar-refractivity contribution is 6.01. The van der Waals surface area contributed by atoms with Crippen LogP contribution >= 0.6 is 0 Å². The molecule has 1 aromatic heterocycles. The first kappa shape index (κ1) is 28.1. The number of anilines is 2. The van der Waals surface area contributed by atoms with Gasteiger partial charge in [0.2, 0.25) is 0 Å². The second-order valence-electron chi connectivity index (χ2n) is 9.52. The minimum Gasteiger partial charge on any atom is -0.492 e. The van der Waals surface area contributed by atoms with Gasteiger partial charge in [-0.3, -0.25) is 14.2 Å². The van der Waals surface area contributed by atoms with Gasteiger partial charge in [-0.25, -0.2) is 9.78 Å². The van der Waals surface area contributed by atoms with Crippen molar-refractivity contribution in [2.45, 2.75) is 39.7 Å². The molecule has 0 saturated heterocycles. The molecule has 1 atom stereocenters. The molecule has 0 radical (unpaired) electrons. The van der Waals surface area contributed by atoms with Crippen molar-refractivity contribution in [2.75, 3.05) is 17.2 Å². The fourth-order valence-electron chi connectivity index (χ4n) is 4.35. The first-order valence-electron chi connectivity index (χ1n) is 13.0. The van der Waals surface area contributed by atoms with Crippen molar-refractivity contribution in [1.82, 2.24) is 9.55 Å². The van der Waals surface area contributed by atoms with E-state index in [1.165, 1.54) is 17.1 Å². The van der Waals surface area contributed by atoms with Gasteiger partial charge >= 0.3 is 12.0 Å². The van der Waals surface area contributed by atoms with Crippen LogP contribution in [0.2, 0.25) is 0 Å². The molecule has 4 aromatic rings. The van der Waals surface area contributed by atoms with Gasteiger partial charge in [0.05, 0.1) is 37.2 Å². The van der Waals surface area contributed by atoms with E-state index in [0.29, 0.717) is 41.4 Å². The number of nitrogens with one attached hydrogen (secondary N) is 2. The van der Waals surface area contributed by atoms with Crippen LogP contribution in [0.25, 0.3) is 11.1 Å². The predicted molar refractivity (Wildman–Crippen MR) is 155 cm³/mol. The molecule has 9 heteroatoms. The molecular weight excluding hydrogens is 508 g/mol. The monoisotopic (exact) mass is 540 g/mol. The van der Waals surface area contributed by atoms with Gasteiger partial charge in [-0.1, -0.05) is 55.5 Å². The van der Waals surface area contributed by atoms with E-state index in [-0.39, 0.29) is 17.9 Å². The van der Waals surface area contributed by atoms with Crippen LogP contribution < -0.4 is 20.9 Å². The first-order chi connectivity index (χ1) is 19.2. The Morgan fingerprint density at radius 3 is 2.45 bits per heavy atom. The summed E-state index contributed by atoms with van der Waals surface area (Å²) in [5, 5.41) is 14.7. The normalized spacial score (nSPS) is 11.5. The van der Waals surface area contributed by atoms with Crippen molar-refractivity contribution >= 4 is 23.4 Å². The minimum absolute atomic E-state index is 0.0557. The fraction of sp³-hybridized carbons (Fsp3) is 0.226. The lowest BCUT2D eigenvalue weighted by atomic mass is 9.97. The van der Waals surface area contributed by atoms with Crippen LogP contribution in [0.1, 0.15) is 42.9 Å². The van der Waals surface area contributed by atoms with Crippen molar-refractivity contribution in [1.29, 1.82) is 0 Å². The van der Waals surface area contributed by atoms with Crippen LogP contribution in [0.4, 0.5) is 16.2 Å². The number of benzene rings is 3. The summed E-state index contributed by atoms with van der Waals surface area (Å²) in [4.78, 5) is 41.3. The van der Waals surface area contributed by atoms with Crippen molar-refractivity contribution in [3.63, 3.8) is 0 Å². The predicted octanol–water partition coefficient (Wildman–Crippen LogP) is 5.89. The third-order valence-corrected chi connectivity index (χ3v) is 6.52. The standard InChI is InChI=1S/C31H32N4O5/c1-4-40-28-16-24(13-14-27(28)34-31(39)33-26-8-6-5-7-20(26)2)25-17-32-19-35(30(25)38)18-22-9-11-23(12-10-22)21(3)15-29(36)37/h5-14,16-17,19,21H,4,15,18H2,1-3H3,(H,36,37)(H2,33,34,39)/t21-/m1/s1. The SMILES string of the molecule is CCOc1cc(-c2cncn(Cc3ccc([C@H](C)CC(=O)O)cc3)c2=O)ccc1NC(=O)Nc1ccccc1C. The summed E-state index contributed by atoms with van der Waals surface area (Å²) < 4.78 is 7.31. The number of urea groups is 1. The molecule has 0 unspecified atom stereocenters. The van der Waals surface area contributed by atoms with Gasteiger partial charge in [-0.05, 0) is 60.2 Å². The lowest BCUT2D eigenvalue weighted by Gasteiger charge is -2.15. The number of aliphatic carboxylic acids is 1. The summed E-state index contributed by atoms with van der Waals surface area (Å²) in [5.41, 5.74) is 4.71. The lowest BCUT2D eigenvalue weighted by Crippen LogP contribution is -2.22. The molecule has 0 aliphatic rings. The number of hydrogen-bond donors (Lipinski definition) is 3. The van der Waals surface area contributed by atoms with Crippen molar-refractivity contribution in [3.05, 3.63) is 106 Å². The number of carboxylic acid groups (broad SMARTS) is 1. The van der Waals surface area contributed by atoms with E-state index in [4.69, 9.17) is 9.84 Å². The zero-order valence-electron chi connectivity index (χ0n) is 22.7. The van der Waals surface area contributed by atoms with Gasteiger partial charge in [-0.15, -0.1) is 0 Å². The zero-order valence-corrected chi connectivity index (χ0v) is 22.7. The maximum Gasteiger partial charge on any atom is 0.323 e. The lowest BCUT2D eigenvalue weighted by molar-refractivity contribution is -0.137. The minimum atomic E-state index is -0.840. The van der Waals surface area contributed by atoms with E-state index in [0.717, 1.165) is 16.7 Å². The number of ether oxygens (including phenoxy) is 1. The molecule has 0 saturated carbocycles. The number of rotatable bonds is 10. The number of carbonyl (C=O) groups is 2. The quantitative estimate of drug-likeness (QED) is 0.231. The summed E-state index contributed by atoms with van der Waals surface area (Å²) in [7, 11) is 0. The Morgan fingerprint density at radius 2 is 1.75 bits per heavy atom. The number of para-hydroxylation sites is 1. The molecule has 3 N–H and O–H groups in total. The molecule has 3 aromatic carbocycles. The number of aryl methyl sites for hydroxylation is 1. The first-order valence-corrected chi connectivity index (χ1v) is 13.0. The van der Waals surface area contributed by atoms with Gasteiger partial charge in [-0.2, -0.15) is 0 Å². The average molecular weight is 541 g/mol. The summed E-state index contributed by atoms with van der Waals surface area (Å²) >= 11 is 0. The van der Waals surface area contributed by atoms with E-state index < -0.39 is 12.0 Å². The summed E-state index contributed by atoms with van der Waals surface area (Å²) in [6.07, 6.45) is 3.06. The Balaban J connectivity index is 1.53. The second-order valence-corrected chi connectivity index (χ2v) is 9.52. The Labute approximate surface area is 232 Å². The van der Waals surface area contributed by atoms with Gasteiger partial charge in [0, 0.05) is 11.9 Å². The zero-order chi connectivity index (χ0) is 28.6. The molecule has 2 amide bonds. The van der Waals surface area contributed by atoms with E-state index in [1.54, 1.807) is 18.2 Å². The van der Waals surface area contributed by atoms with E-state index in [2.05, 4.69) is 15.6 Å². The molecule has 9 nitrogen and oxygen atoms in total. The van der Waals surface area contributed by atoms with Crippen LogP contribution in [-0.2, 0) is 11.3 Å². The molecule has 0 fully saturated rings. The highest BCUT2D eigenvalue weighted by Crippen LogP contribution is 2.30. The number of amides is 2. The van der Waals surface area contributed by atoms with Crippen molar-refractivity contribution < 1.29 is 19.4 Å². The molecule has 0 aliphatic carbocycles. The molecular formula is C31H32N4O5. The molecule has 40 heavy (non-hydrogen) atoms. The number of carboxylic acids is 1. The Morgan fingerprint density at radius 1 is 1.02 bits per heavy atom. The van der Waals surface area contributed by atoms with Gasteiger partial charge in [0.15, 0.2) is 0 Å². The summed E-state index contributed by atoms with van der Waals surface area (Å²) in [5.74, 6) is -0.515. The smallest absolute Gasteiger partial charge is 0.323 e. The topological polar surface area (TPSA) is 123 Å². The van der Waals surface area contributed by atoms with E-state index in [1.807, 2.05) is 69.3 Å². The summed E-state index contributed by atoms with van der Waals surface area (Å²) in [6, 6.07) is 19.8. The third-order valence-electron chi connectivity index (χ3n) is 6.52. The highest BCUT2D eigenvalue weighted by Gasteiger charge is 2.14. The molecule has 0 bridgehead atoms. The number of nitrogens with zero attached hydrogens (tertiary/aromatic N) is 2. The Kier molecular flexibility index (Phi) is 8.96.